The van der Waals surface area contributed by atoms with Gasteiger partial charge in [0, 0.05) is 23.3 Å². The zero-order valence-electron chi connectivity index (χ0n) is 15.3. The lowest BCUT2D eigenvalue weighted by atomic mass is 10.1. The first-order valence-corrected chi connectivity index (χ1v) is 10.5. The smallest absolute Gasteiger partial charge is 0.240 e. The SMILES string of the molecule is COc1cccc(NC(CNS(=O)(=O)c2ccc(Cl)cc2)c2ccccc2)c1. The Kier molecular flexibility index (Phi) is 6.57. The van der Waals surface area contributed by atoms with Crippen LogP contribution in [0.25, 0.3) is 0 Å². The number of hydrogen-bond donors (Lipinski definition) is 2. The van der Waals surface area contributed by atoms with Crippen LogP contribution in [0.15, 0.2) is 83.8 Å². The summed E-state index contributed by atoms with van der Waals surface area (Å²) >= 11 is 5.85. The number of ether oxygens (including phenoxy) is 1. The van der Waals surface area contributed by atoms with Gasteiger partial charge in [0.15, 0.2) is 0 Å². The van der Waals surface area contributed by atoms with Gasteiger partial charge in [0.25, 0.3) is 0 Å². The molecule has 0 aliphatic rings. The van der Waals surface area contributed by atoms with Crippen LogP contribution in [0, 0.1) is 0 Å². The summed E-state index contributed by atoms with van der Waals surface area (Å²) in [5, 5.41) is 3.86. The fourth-order valence-corrected chi connectivity index (χ4v) is 3.91. The van der Waals surface area contributed by atoms with Gasteiger partial charge < -0.3 is 10.1 Å². The molecule has 0 spiro atoms. The first kappa shape index (κ1) is 20.2. The second-order valence-corrected chi connectivity index (χ2v) is 8.35. The van der Waals surface area contributed by atoms with Crippen LogP contribution < -0.4 is 14.8 Å². The van der Waals surface area contributed by atoms with Crippen molar-refractivity contribution < 1.29 is 13.2 Å². The maximum Gasteiger partial charge on any atom is 0.240 e. The van der Waals surface area contributed by atoms with Crippen LogP contribution in [0.3, 0.4) is 0 Å². The lowest BCUT2D eigenvalue weighted by Gasteiger charge is -2.21. The Morgan fingerprint density at radius 3 is 2.36 bits per heavy atom. The first-order valence-electron chi connectivity index (χ1n) is 8.69. The molecule has 0 bridgehead atoms. The molecule has 1 atom stereocenters. The fraction of sp³-hybridized carbons (Fsp3) is 0.143. The monoisotopic (exact) mass is 416 g/mol. The molecule has 28 heavy (non-hydrogen) atoms. The summed E-state index contributed by atoms with van der Waals surface area (Å²) in [6.07, 6.45) is 0. The van der Waals surface area contributed by atoms with Gasteiger partial charge in [-0.1, -0.05) is 48.0 Å². The highest BCUT2D eigenvalue weighted by Crippen LogP contribution is 2.23. The summed E-state index contributed by atoms with van der Waals surface area (Å²) < 4.78 is 33.2. The molecule has 0 aromatic heterocycles. The van der Waals surface area contributed by atoms with E-state index >= 15 is 0 Å². The van der Waals surface area contributed by atoms with E-state index in [1.54, 1.807) is 19.2 Å². The zero-order chi connectivity index (χ0) is 20.0. The predicted molar refractivity (Wildman–Crippen MR) is 112 cm³/mol. The van der Waals surface area contributed by atoms with Gasteiger partial charge in [0.2, 0.25) is 10.0 Å². The highest BCUT2D eigenvalue weighted by atomic mass is 35.5. The molecule has 7 heteroatoms. The third kappa shape index (κ3) is 5.25. The van der Waals surface area contributed by atoms with E-state index in [4.69, 9.17) is 16.3 Å². The molecule has 0 amide bonds. The van der Waals surface area contributed by atoms with Gasteiger partial charge in [0.05, 0.1) is 18.0 Å². The minimum absolute atomic E-state index is 0.171. The van der Waals surface area contributed by atoms with E-state index in [1.807, 2.05) is 54.6 Å². The Balaban J connectivity index is 1.80. The number of halogens is 1. The molecule has 0 saturated heterocycles. The number of methoxy groups -OCH3 is 1. The number of hydrogen-bond acceptors (Lipinski definition) is 4. The molecule has 3 aromatic carbocycles. The van der Waals surface area contributed by atoms with Crippen LogP contribution in [-0.2, 0) is 10.0 Å². The third-order valence-electron chi connectivity index (χ3n) is 4.21. The van der Waals surface area contributed by atoms with Crippen LogP contribution >= 0.6 is 11.6 Å². The summed E-state index contributed by atoms with van der Waals surface area (Å²) in [7, 11) is -2.05. The van der Waals surface area contributed by atoms with Crippen molar-refractivity contribution in [2.45, 2.75) is 10.9 Å². The Labute approximate surface area is 170 Å². The van der Waals surface area contributed by atoms with E-state index in [9.17, 15) is 8.42 Å². The standard InChI is InChI=1S/C21H21ClN2O3S/c1-27-19-9-5-8-18(14-19)24-21(16-6-3-2-4-7-16)15-23-28(25,26)20-12-10-17(22)11-13-20/h2-14,21,23-24H,15H2,1H3. The molecule has 1 unspecified atom stereocenters. The predicted octanol–water partition coefficient (Wildman–Crippen LogP) is 4.48. The van der Waals surface area contributed by atoms with E-state index in [0.29, 0.717) is 5.02 Å². The zero-order valence-corrected chi connectivity index (χ0v) is 16.9. The average molecular weight is 417 g/mol. The maximum absolute atomic E-state index is 12.6. The Morgan fingerprint density at radius 2 is 1.68 bits per heavy atom. The number of anilines is 1. The van der Waals surface area contributed by atoms with E-state index < -0.39 is 10.0 Å². The highest BCUT2D eigenvalue weighted by Gasteiger charge is 2.18. The molecule has 3 rings (SSSR count). The Hall–Kier alpha value is -2.54. The molecule has 146 valence electrons. The molecular formula is C21H21ClN2O3S. The Bertz CT molecular complexity index is 1010. The van der Waals surface area contributed by atoms with E-state index in [2.05, 4.69) is 10.0 Å². The second kappa shape index (κ2) is 9.10. The van der Waals surface area contributed by atoms with Gasteiger partial charge in [-0.15, -0.1) is 0 Å². The highest BCUT2D eigenvalue weighted by molar-refractivity contribution is 7.89. The van der Waals surface area contributed by atoms with Gasteiger partial charge in [0.1, 0.15) is 5.75 Å². The van der Waals surface area contributed by atoms with E-state index in [0.717, 1.165) is 17.0 Å². The van der Waals surface area contributed by atoms with Crippen LogP contribution in [0.1, 0.15) is 11.6 Å². The molecule has 0 saturated carbocycles. The minimum atomic E-state index is -3.66. The van der Waals surface area contributed by atoms with Crippen LogP contribution in [0.2, 0.25) is 5.02 Å². The Morgan fingerprint density at radius 1 is 0.964 bits per heavy atom. The molecule has 0 fully saturated rings. The summed E-state index contributed by atoms with van der Waals surface area (Å²) in [4.78, 5) is 0.171. The summed E-state index contributed by atoms with van der Waals surface area (Å²) in [5.74, 6) is 0.721. The molecule has 0 aliphatic heterocycles. The maximum atomic E-state index is 12.6. The number of benzene rings is 3. The summed E-state index contributed by atoms with van der Waals surface area (Å²) in [5.41, 5.74) is 1.79. The largest absolute Gasteiger partial charge is 0.497 e. The van der Waals surface area contributed by atoms with Gasteiger partial charge in [-0.3, -0.25) is 0 Å². The van der Waals surface area contributed by atoms with E-state index in [1.165, 1.54) is 12.1 Å². The van der Waals surface area contributed by atoms with Gasteiger partial charge in [-0.05, 0) is 42.0 Å². The molecule has 0 radical (unpaired) electrons. The number of rotatable bonds is 8. The summed E-state index contributed by atoms with van der Waals surface area (Å²) in [6, 6.07) is 23.0. The topological polar surface area (TPSA) is 67.4 Å². The fourth-order valence-electron chi connectivity index (χ4n) is 2.74. The van der Waals surface area contributed by atoms with Crippen molar-refractivity contribution in [3.63, 3.8) is 0 Å². The molecule has 3 aromatic rings. The van der Waals surface area contributed by atoms with Gasteiger partial charge in [-0.25, -0.2) is 13.1 Å². The van der Waals surface area contributed by atoms with Crippen LogP contribution in [-0.4, -0.2) is 22.1 Å². The van der Waals surface area contributed by atoms with Crippen LogP contribution in [0.4, 0.5) is 5.69 Å². The van der Waals surface area contributed by atoms with Crippen molar-refractivity contribution in [3.05, 3.63) is 89.4 Å². The van der Waals surface area contributed by atoms with Crippen molar-refractivity contribution in [1.82, 2.24) is 4.72 Å². The van der Waals surface area contributed by atoms with Crippen molar-refractivity contribution in [3.8, 4) is 5.75 Å². The minimum Gasteiger partial charge on any atom is -0.497 e. The van der Waals surface area contributed by atoms with Gasteiger partial charge >= 0.3 is 0 Å². The normalized spacial score (nSPS) is 12.4. The van der Waals surface area contributed by atoms with E-state index in [-0.39, 0.29) is 17.5 Å². The van der Waals surface area contributed by atoms with Crippen molar-refractivity contribution >= 4 is 27.3 Å². The van der Waals surface area contributed by atoms with Crippen molar-refractivity contribution in [2.24, 2.45) is 0 Å². The van der Waals surface area contributed by atoms with Crippen LogP contribution in [0.5, 0.6) is 5.75 Å². The number of nitrogens with one attached hydrogen (secondary N) is 2. The quantitative estimate of drug-likeness (QED) is 0.568. The molecular weight excluding hydrogens is 396 g/mol. The second-order valence-electron chi connectivity index (χ2n) is 6.15. The van der Waals surface area contributed by atoms with Crippen molar-refractivity contribution in [2.75, 3.05) is 19.0 Å². The average Bonchev–Trinajstić information content (AvgIpc) is 2.72. The summed E-state index contributed by atoms with van der Waals surface area (Å²) in [6.45, 7) is 0.173. The lowest BCUT2D eigenvalue weighted by molar-refractivity contribution is 0.415. The number of sulfonamides is 1. The lowest BCUT2D eigenvalue weighted by Crippen LogP contribution is -2.31. The van der Waals surface area contributed by atoms with Gasteiger partial charge in [-0.2, -0.15) is 0 Å². The molecule has 0 heterocycles. The third-order valence-corrected chi connectivity index (χ3v) is 5.91. The molecule has 5 nitrogen and oxygen atoms in total. The van der Waals surface area contributed by atoms with Crippen molar-refractivity contribution in [1.29, 1.82) is 0 Å². The molecule has 2 N–H and O–H groups in total. The first-order chi connectivity index (χ1) is 13.5. The molecule has 0 aliphatic carbocycles.